The Morgan fingerprint density at radius 3 is 2.68 bits per heavy atom. The molecule has 3 aromatic rings. The van der Waals surface area contributed by atoms with Gasteiger partial charge in [0, 0.05) is 13.2 Å². The second-order valence-corrected chi connectivity index (χ2v) is 5.47. The second-order valence-electron chi connectivity index (χ2n) is 5.08. The van der Waals surface area contributed by atoms with E-state index in [4.69, 9.17) is 22.1 Å². The number of benzene rings is 2. The third-order valence-corrected chi connectivity index (χ3v) is 3.87. The lowest BCUT2D eigenvalue weighted by Gasteiger charge is -2.08. The van der Waals surface area contributed by atoms with Gasteiger partial charge >= 0.3 is 0 Å². The molecular weight excluding hydrogens is 296 g/mol. The van der Waals surface area contributed by atoms with Gasteiger partial charge in [-0.05, 0) is 36.3 Å². The van der Waals surface area contributed by atoms with Crippen LogP contribution in [0.2, 0.25) is 0 Å². The Balaban J connectivity index is 1.89. The number of imidazole rings is 1. The predicted molar refractivity (Wildman–Crippen MR) is 89.6 cm³/mol. The zero-order valence-electron chi connectivity index (χ0n) is 12.2. The van der Waals surface area contributed by atoms with Crippen LogP contribution in [0.1, 0.15) is 12.0 Å². The van der Waals surface area contributed by atoms with Gasteiger partial charge < -0.3 is 19.4 Å². The van der Waals surface area contributed by atoms with Crippen molar-refractivity contribution in [1.29, 1.82) is 0 Å². The molecule has 0 aliphatic rings. The molecule has 0 aliphatic heterocycles. The molecule has 2 N–H and O–H groups in total. The van der Waals surface area contributed by atoms with E-state index in [0.29, 0.717) is 24.3 Å². The summed E-state index contributed by atoms with van der Waals surface area (Å²) in [5, 5.41) is 9.01. The minimum atomic E-state index is 0.151. The Morgan fingerprint density at radius 2 is 1.91 bits per heavy atom. The molecule has 0 fully saturated rings. The minimum Gasteiger partial charge on any atom is -0.487 e. The monoisotopic (exact) mass is 314 g/mol. The van der Waals surface area contributed by atoms with Crippen LogP contribution in [0, 0.1) is 4.77 Å². The van der Waals surface area contributed by atoms with Crippen molar-refractivity contribution in [2.45, 2.75) is 19.6 Å². The number of aromatic nitrogens is 2. The lowest BCUT2D eigenvalue weighted by molar-refractivity contribution is 0.280. The maximum absolute atomic E-state index is 9.01. The summed E-state index contributed by atoms with van der Waals surface area (Å²) in [7, 11) is 0. The highest BCUT2D eigenvalue weighted by Gasteiger charge is 2.09. The lowest BCUT2D eigenvalue weighted by atomic mass is 10.2. The number of hydrogen-bond donors (Lipinski definition) is 2. The highest BCUT2D eigenvalue weighted by atomic mass is 32.1. The summed E-state index contributed by atoms with van der Waals surface area (Å²) in [6, 6.07) is 16.0. The van der Waals surface area contributed by atoms with Gasteiger partial charge in [-0.1, -0.05) is 36.4 Å². The summed E-state index contributed by atoms with van der Waals surface area (Å²) < 4.78 is 8.59. The molecule has 0 spiro atoms. The van der Waals surface area contributed by atoms with E-state index in [2.05, 4.69) is 4.98 Å². The van der Waals surface area contributed by atoms with Crippen molar-refractivity contribution >= 4 is 23.3 Å². The van der Waals surface area contributed by atoms with E-state index in [9.17, 15) is 0 Å². The summed E-state index contributed by atoms with van der Waals surface area (Å²) >= 11 is 5.37. The first-order valence-electron chi connectivity index (χ1n) is 7.28. The number of ether oxygens (including phenoxy) is 1. The third kappa shape index (κ3) is 3.05. The number of para-hydroxylation sites is 1. The normalized spacial score (nSPS) is 11.0. The third-order valence-electron chi connectivity index (χ3n) is 3.55. The molecule has 1 aromatic heterocycles. The van der Waals surface area contributed by atoms with Crippen molar-refractivity contribution in [2.75, 3.05) is 6.61 Å². The fraction of sp³-hybridized carbons (Fsp3) is 0.235. The van der Waals surface area contributed by atoms with Crippen molar-refractivity contribution in [3.63, 3.8) is 0 Å². The number of nitrogens with zero attached hydrogens (tertiary/aromatic N) is 1. The van der Waals surface area contributed by atoms with Crippen molar-refractivity contribution in [1.82, 2.24) is 9.55 Å². The molecule has 0 atom stereocenters. The number of aliphatic hydroxyl groups is 1. The van der Waals surface area contributed by atoms with Crippen LogP contribution in [-0.2, 0) is 13.2 Å². The Labute approximate surface area is 134 Å². The first kappa shape index (κ1) is 14.8. The lowest BCUT2D eigenvalue weighted by Crippen LogP contribution is -2.00. The first-order chi connectivity index (χ1) is 10.8. The smallest absolute Gasteiger partial charge is 0.178 e. The predicted octanol–water partition coefficient (Wildman–Crippen LogP) is 3.66. The van der Waals surface area contributed by atoms with Gasteiger partial charge in [-0.3, -0.25) is 0 Å². The van der Waals surface area contributed by atoms with Crippen molar-refractivity contribution in [3.05, 3.63) is 58.9 Å². The molecule has 3 rings (SSSR count). The van der Waals surface area contributed by atoms with Crippen LogP contribution in [0.5, 0.6) is 5.75 Å². The minimum absolute atomic E-state index is 0.151. The molecule has 0 unspecified atom stereocenters. The van der Waals surface area contributed by atoms with E-state index in [1.165, 1.54) is 0 Å². The first-order valence-corrected chi connectivity index (χ1v) is 7.69. The maximum atomic E-state index is 9.01. The van der Waals surface area contributed by atoms with Crippen LogP contribution in [-0.4, -0.2) is 21.3 Å². The number of fused-ring (bicyclic) bond motifs is 1. The van der Waals surface area contributed by atoms with Crippen LogP contribution in [0.25, 0.3) is 11.0 Å². The quantitative estimate of drug-likeness (QED) is 0.683. The number of rotatable bonds is 6. The average molecular weight is 314 g/mol. The molecule has 4 nitrogen and oxygen atoms in total. The fourth-order valence-corrected chi connectivity index (χ4v) is 2.75. The number of aliphatic hydroxyl groups excluding tert-OH is 1. The molecule has 0 aliphatic carbocycles. The van der Waals surface area contributed by atoms with Gasteiger partial charge in [-0.15, -0.1) is 0 Å². The second kappa shape index (κ2) is 6.77. The molecule has 0 amide bonds. The summed E-state index contributed by atoms with van der Waals surface area (Å²) in [5.41, 5.74) is 3.03. The molecule has 0 radical (unpaired) electrons. The molecule has 114 valence electrons. The van der Waals surface area contributed by atoms with Gasteiger partial charge in [0.05, 0.1) is 5.52 Å². The fourth-order valence-electron chi connectivity index (χ4n) is 2.46. The summed E-state index contributed by atoms with van der Waals surface area (Å²) in [6.45, 7) is 1.36. The maximum Gasteiger partial charge on any atom is 0.178 e. The Morgan fingerprint density at radius 1 is 1.09 bits per heavy atom. The number of nitrogens with one attached hydrogen (secondary N) is 1. The van der Waals surface area contributed by atoms with Gasteiger partial charge in [-0.25, -0.2) is 0 Å². The van der Waals surface area contributed by atoms with Gasteiger partial charge in [0.2, 0.25) is 0 Å². The van der Waals surface area contributed by atoms with E-state index in [1.807, 2.05) is 53.1 Å². The largest absolute Gasteiger partial charge is 0.487 e. The van der Waals surface area contributed by atoms with E-state index >= 15 is 0 Å². The molecule has 2 aromatic carbocycles. The van der Waals surface area contributed by atoms with Gasteiger partial charge in [-0.2, -0.15) is 0 Å². The SMILES string of the molecule is OCCCn1c(=S)[nH]c2c(OCc3ccccc3)cccc21. The molecule has 5 heteroatoms. The Hall–Kier alpha value is -2.11. The highest BCUT2D eigenvalue weighted by molar-refractivity contribution is 7.71. The van der Waals surface area contributed by atoms with Gasteiger partial charge in [0.15, 0.2) is 4.77 Å². The summed E-state index contributed by atoms with van der Waals surface area (Å²) in [4.78, 5) is 3.21. The summed E-state index contributed by atoms with van der Waals surface area (Å²) in [6.07, 6.45) is 0.677. The standard InChI is InChI=1S/C17H18N2O2S/c20-11-5-10-19-14-8-4-9-15(16(14)18-17(19)22)21-12-13-6-2-1-3-7-13/h1-4,6-9,20H,5,10-12H2,(H,18,22). The molecule has 0 bridgehead atoms. The van der Waals surface area contributed by atoms with Crippen LogP contribution in [0.4, 0.5) is 0 Å². The van der Waals surface area contributed by atoms with Crippen LogP contribution >= 0.6 is 12.2 Å². The number of aryl methyl sites for hydroxylation is 1. The van der Waals surface area contributed by atoms with E-state index in [-0.39, 0.29) is 6.61 Å². The van der Waals surface area contributed by atoms with E-state index < -0.39 is 0 Å². The molecule has 0 saturated heterocycles. The Bertz CT molecular complexity index is 808. The molecule has 0 saturated carbocycles. The van der Waals surface area contributed by atoms with Crippen molar-refractivity contribution < 1.29 is 9.84 Å². The molecule has 1 heterocycles. The molecule has 22 heavy (non-hydrogen) atoms. The van der Waals surface area contributed by atoms with Crippen LogP contribution < -0.4 is 4.74 Å². The van der Waals surface area contributed by atoms with E-state index in [1.54, 1.807) is 0 Å². The van der Waals surface area contributed by atoms with Crippen molar-refractivity contribution in [2.24, 2.45) is 0 Å². The van der Waals surface area contributed by atoms with Crippen molar-refractivity contribution in [3.8, 4) is 5.75 Å². The summed E-state index contributed by atoms with van der Waals surface area (Å²) in [5.74, 6) is 0.787. The van der Waals surface area contributed by atoms with Crippen LogP contribution in [0.15, 0.2) is 48.5 Å². The van der Waals surface area contributed by atoms with E-state index in [0.717, 1.165) is 22.3 Å². The van der Waals surface area contributed by atoms with Gasteiger partial charge in [0.1, 0.15) is 17.9 Å². The Kier molecular flexibility index (Phi) is 4.56. The zero-order valence-corrected chi connectivity index (χ0v) is 13.0. The topological polar surface area (TPSA) is 50.2 Å². The number of H-pyrrole nitrogens is 1. The van der Waals surface area contributed by atoms with Crippen LogP contribution in [0.3, 0.4) is 0 Å². The average Bonchev–Trinajstić information content (AvgIpc) is 2.88. The molecular formula is C17H18N2O2S. The van der Waals surface area contributed by atoms with Gasteiger partial charge in [0.25, 0.3) is 0 Å². The zero-order chi connectivity index (χ0) is 15.4. The number of aromatic amines is 1. The highest BCUT2D eigenvalue weighted by Crippen LogP contribution is 2.26. The number of hydrogen-bond acceptors (Lipinski definition) is 3.